The van der Waals surface area contributed by atoms with Crippen molar-refractivity contribution in [2.24, 2.45) is 0 Å². The van der Waals surface area contributed by atoms with Crippen LogP contribution >= 0.6 is 11.6 Å². The van der Waals surface area contributed by atoms with Crippen molar-refractivity contribution >= 4 is 17.3 Å². The predicted octanol–water partition coefficient (Wildman–Crippen LogP) is 3.39. The van der Waals surface area contributed by atoms with Crippen LogP contribution in [-0.4, -0.2) is 37.2 Å². The molecule has 2 saturated heterocycles. The number of methoxy groups -OCH3 is 1. The van der Waals surface area contributed by atoms with Gasteiger partial charge >= 0.3 is 0 Å². The molecule has 1 N–H and O–H groups in total. The number of nitrogens with zero attached hydrogens (tertiary/aromatic N) is 1. The van der Waals surface area contributed by atoms with E-state index in [0.717, 1.165) is 16.5 Å². The lowest BCUT2D eigenvalue weighted by molar-refractivity contribution is 0.192. The number of rotatable bonds is 3. The lowest BCUT2D eigenvalue weighted by atomic mass is 9.99. The van der Waals surface area contributed by atoms with Gasteiger partial charge in [0, 0.05) is 23.7 Å². The smallest absolute Gasteiger partial charge is 0.142 e. The first kappa shape index (κ1) is 13.1. The molecule has 0 amide bonds. The average Bonchev–Trinajstić information content (AvgIpc) is 2.83. The molecule has 1 aromatic rings. The van der Waals surface area contributed by atoms with Gasteiger partial charge in [-0.1, -0.05) is 18.0 Å². The Morgan fingerprint density at radius 1 is 1.26 bits per heavy atom. The number of anilines is 1. The Hall–Kier alpha value is -0.930. The minimum Gasteiger partial charge on any atom is -0.495 e. The maximum Gasteiger partial charge on any atom is 0.142 e. The van der Waals surface area contributed by atoms with Crippen molar-refractivity contribution in [2.75, 3.05) is 25.5 Å². The average molecular weight is 281 g/mol. The van der Waals surface area contributed by atoms with Gasteiger partial charge in [0.15, 0.2) is 0 Å². The van der Waals surface area contributed by atoms with Crippen LogP contribution in [0.4, 0.5) is 5.69 Å². The van der Waals surface area contributed by atoms with Gasteiger partial charge in [0.05, 0.1) is 12.8 Å². The minimum atomic E-state index is 0.521. The van der Waals surface area contributed by atoms with Crippen molar-refractivity contribution in [1.29, 1.82) is 0 Å². The van der Waals surface area contributed by atoms with E-state index in [4.69, 9.17) is 16.3 Å². The highest BCUT2D eigenvalue weighted by Gasteiger charge is 2.35. The molecule has 2 unspecified atom stereocenters. The van der Waals surface area contributed by atoms with E-state index in [1.165, 1.54) is 38.8 Å². The normalized spacial score (nSPS) is 27.1. The van der Waals surface area contributed by atoms with E-state index in [1.54, 1.807) is 7.11 Å². The van der Waals surface area contributed by atoms with Gasteiger partial charge in [-0.2, -0.15) is 0 Å². The zero-order valence-corrected chi connectivity index (χ0v) is 12.1. The van der Waals surface area contributed by atoms with Crippen LogP contribution in [0.5, 0.6) is 5.75 Å². The lowest BCUT2D eigenvalue weighted by Crippen LogP contribution is -2.41. The maximum atomic E-state index is 6.09. The van der Waals surface area contributed by atoms with E-state index in [0.29, 0.717) is 12.1 Å². The highest BCUT2D eigenvalue weighted by Crippen LogP contribution is 2.33. The summed E-state index contributed by atoms with van der Waals surface area (Å²) in [6.45, 7) is 2.47. The molecule has 0 radical (unpaired) electrons. The van der Waals surface area contributed by atoms with Crippen molar-refractivity contribution in [3.8, 4) is 5.75 Å². The van der Waals surface area contributed by atoms with Gasteiger partial charge < -0.3 is 10.1 Å². The van der Waals surface area contributed by atoms with E-state index < -0.39 is 0 Å². The fourth-order valence-electron chi connectivity index (χ4n) is 3.41. The number of piperidine rings is 1. The molecule has 3 rings (SSSR count). The number of hydrogen-bond donors (Lipinski definition) is 1. The zero-order chi connectivity index (χ0) is 13.2. The molecule has 2 atom stereocenters. The molecule has 0 bridgehead atoms. The van der Waals surface area contributed by atoms with Gasteiger partial charge in [-0.3, -0.25) is 4.90 Å². The molecule has 0 aliphatic carbocycles. The van der Waals surface area contributed by atoms with Crippen molar-refractivity contribution in [1.82, 2.24) is 4.90 Å². The number of benzene rings is 1. The Morgan fingerprint density at radius 3 is 3.00 bits per heavy atom. The Morgan fingerprint density at radius 2 is 2.16 bits per heavy atom. The molecule has 0 aromatic heterocycles. The van der Waals surface area contributed by atoms with Gasteiger partial charge in [0.1, 0.15) is 5.75 Å². The molecule has 4 heteroatoms. The molecule has 3 nitrogen and oxygen atoms in total. The van der Waals surface area contributed by atoms with Crippen LogP contribution in [-0.2, 0) is 0 Å². The standard InChI is InChI=1S/C15H21ClN2O/c1-19-15-6-5-11(16)10-13(15)17-12-7-9-18-8-3-2-4-14(12)18/h5-6,10,12,14,17H,2-4,7-9H2,1H3. The second-order valence-corrected chi connectivity index (χ2v) is 5.92. The zero-order valence-electron chi connectivity index (χ0n) is 11.4. The summed E-state index contributed by atoms with van der Waals surface area (Å²) in [4.78, 5) is 2.62. The van der Waals surface area contributed by atoms with Crippen molar-refractivity contribution in [3.63, 3.8) is 0 Å². The number of halogens is 1. The Balaban J connectivity index is 1.76. The van der Waals surface area contributed by atoms with Crippen LogP contribution in [0, 0.1) is 0 Å². The fraction of sp³-hybridized carbons (Fsp3) is 0.600. The second-order valence-electron chi connectivity index (χ2n) is 5.48. The van der Waals surface area contributed by atoms with Crippen LogP contribution in [0.15, 0.2) is 18.2 Å². The molecule has 2 heterocycles. The highest BCUT2D eigenvalue weighted by atomic mass is 35.5. The third-order valence-electron chi connectivity index (χ3n) is 4.36. The van der Waals surface area contributed by atoms with Gasteiger partial charge in [-0.25, -0.2) is 0 Å². The van der Waals surface area contributed by atoms with Crippen molar-refractivity contribution in [3.05, 3.63) is 23.2 Å². The molecule has 2 aliphatic rings. The predicted molar refractivity (Wildman–Crippen MR) is 79.2 cm³/mol. The van der Waals surface area contributed by atoms with E-state index >= 15 is 0 Å². The van der Waals surface area contributed by atoms with E-state index in [9.17, 15) is 0 Å². The van der Waals surface area contributed by atoms with E-state index in [1.807, 2.05) is 18.2 Å². The van der Waals surface area contributed by atoms with Crippen LogP contribution in [0.2, 0.25) is 5.02 Å². The third kappa shape index (κ3) is 2.67. The summed E-state index contributed by atoms with van der Waals surface area (Å²) in [6, 6.07) is 6.96. The minimum absolute atomic E-state index is 0.521. The van der Waals surface area contributed by atoms with Crippen LogP contribution in [0.1, 0.15) is 25.7 Å². The Labute approximate surface area is 119 Å². The number of ether oxygens (including phenoxy) is 1. The molecule has 0 saturated carbocycles. The summed E-state index contributed by atoms with van der Waals surface area (Å²) < 4.78 is 5.41. The molecular formula is C15H21ClN2O. The largest absolute Gasteiger partial charge is 0.495 e. The van der Waals surface area contributed by atoms with Gasteiger partial charge in [0.2, 0.25) is 0 Å². The van der Waals surface area contributed by atoms with Crippen LogP contribution in [0.25, 0.3) is 0 Å². The maximum absolute atomic E-state index is 6.09. The van der Waals surface area contributed by atoms with Crippen LogP contribution < -0.4 is 10.1 Å². The third-order valence-corrected chi connectivity index (χ3v) is 4.59. The Kier molecular flexibility index (Phi) is 3.85. The molecule has 104 valence electrons. The van der Waals surface area contributed by atoms with E-state index in [-0.39, 0.29) is 0 Å². The number of hydrogen-bond acceptors (Lipinski definition) is 3. The first-order chi connectivity index (χ1) is 9.28. The van der Waals surface area contributed by atoms with Gasteiger partial charge in [-0.15, -0.1) is 0 Å². The summed E-state index contributed by atoms with van der Waals surface area (Å²) in [5, 5.41) is 4.40. The summed E-state index contributed by atoms with van der Waals surface area (Å²) in [6.07, 6.45) is 5.22. The van der Waals surface area contributed by atoms with Gasteiger partial charge in [0.25, 0.3) is 0 Å². The SMILES string of the molecule is COc1ccc(Cl)cc1NC1CCN2CCCCC12. The summed E-state index contributed by atoms with van der Waals surface area (Å²) in [5.41, 5.74) is 1.02. The molecule has 2 fully saturated rings. The fourth-order valence-corrected chi connectivity index (χ4v) is 3.58. The Bertz CT molecular complexity index is 452. The highest BCUT2D eigenvalue weighted by molar-refractivity contribution is 6.30. The van der Waals surface area contributed by atoms with E-state index in [2.05, 4.69) is 10.2 Å². The molecular weight excluding hydrogens is 260 g/mol. The quantitative estimate of drug-likeness (QED) is 0.919. The summed E-state index contributed by atoms with van der Waals surface area (Å²) in [5.74, 6) is 0.874. The van der Waals surface area contributed by atoms with Crippen molar-refractivity contribution in [2.45, 2.75) is 37.8 Å². The summed E-state index contributed by atoms with van der Waals surface area (Å²) in [7, 11) is 1.70. The lowest BCUT2D eigenvalue weighted by Gasteiger charge is -2.33. The number of nitrogens with one attached hydrogen (secondary N) is 1. The van der Waals surface area contributed by atoms with Crippen LogP contribution in [0.3, 0.4) is 0 Å². The first-order valence-electron chi connectivity index (χ1n) is 7.12. The monoisotopic (exact) mass is 280 g/mol. The molecule has 1 aromatic carbocycles. The van der Waals surface area contributed by atoms with Crippen molar-refractivity contribution < 1.29 is 4.74 Å². The summed E-state index contributed by atoms with van der Waals surface area (Å²) >= 11 is 6.09. The topological polar surface area (TPSA) is 24.5 Å². The second kappa shape index (κ2) is 5.59. The molecule has 0 spiro atoms. The molecule has 2 aliphatic heterocycles. The molecule has 19 heavy (non-hydrogen) atoms. The van der Waals surface area contributed by atoms with Gasteiger partial charge in [-0.05, 0) is 44.0 Å². The number of fused-ring (bicyclic) bond motifs is 1. The first-order valence-corrected chi connectivity index (χ1v) is 7.50.